The van der Waals surface area contributed by atoms with Gasteiger partial charge in [0, 0.05) is 12.6 Å². The number of benzene rings is 1. The van der Waals surface area contributed by atoms with Crippen LogP contribution in [0.15, 0.2) is 58.9 Å². The number of aromatic nitrogens is 1. The fourth-order valence-corrected chi connectivity index (χ4v) is 2.00. The van der Waals surface area contributed by atoms with Crippen molar-refractivity contribution in [2.24, 2.45) is 0 Å². The number of methoxy groups -OCH3 is 1. The van der Waals surface area contributed by atoms with Gasteiger partial charge in [0.15, 0.2) is 0 Å². The molecule has 20 heavy (non-hydrogen) atoms. The fraction of sp³-hybridized carbons (Fsp3) is 0.235. The van der Waals surface area contributed by atoms with E-state index >= 15 is 0 Å². The number of ether oxygens (including phenoxy) is 1. The highest BCUT2D eigenvalue weighted by atomic mass is 16.5. The zero-order valence-electron chi connectivity index (χ0n) is 12.1. The molecule has 0 amide bonds. The van der Waals surface area contributed by atoms with Gasteiger partial charge in [-0.25, -0.2) is 0 Å². The third kappa shape index (κ3) is 3.18. The van der Waals surface area contributed by atoms with Crippen LogP contribution in [-0.2, 0) is 6.54 Å². The zero-order valence-corrected chi connectivity index (χ0v) is 12.1. The molecule has 0 fully saturated rings. The molecule has 0 saturated heterocycles. The van der Waals surface area contributed by atoms with Gasteiger partial charge >= 0.3 is 0 Å². The molecule has 3 heteroatoms. The van der Waals surface area contributed by atoms with Crippen LogP contribution in [0.5, 0.6) is 5.75 Å². The van der Waals surface area contributed by atoms with Gasteiger partial charge in [-0.2, -0.15) is 0 Å². The van der Waals surface area contributed by atoms with Crippen LogP contribution in [0.25, 0.3) is 11.3 Å². The van der Waals surface area contributed by atoms with Crippen molar-refractivity contribution in [2.45, 2.75) is 20.4 Å². The summed E-state index contributed by atoms with van der Waals surface area (Å²) in [7, 11) is 1.64. The molecule has 2 rings (SSSR count). The molecule has 2 aromatic rings. The van der Waals surface area contributed by atoms with Crippen LogP contribution in [0.3, 0.4) is 0 Å². The normalized spacial score (nSPS) is 10.2. The average molecular weight is 269 g/mol. The highest BCUT2D eigenvalue weighted by molar-refractivity contribution is 5.60. The summed E-state index contributed by atoms with van der Waals surface area (Å²) < 4.78 is 6.93. The fourth-order valence-electron chi connectivity index (χ4n) is 2.00. The molecule has 3 nitrogen and oxygen atoms in total. The van der Waals surface area contributed by atoms with Crippen LogP contribution in [0, 0.1) is 0 Å². The Balaban J connectivity index is 2.47. The number of nitrogens with zero attached hydrogens (tertiary/aromatic N) is 1. The van der Waals surface area contributed by atoms with Crippen molar-refractivity contribution < 1.29 is 4.74 Å². The molecule has 1 heterocycles. The Bertz CT molecular complexity index is 662. The molecule has 0 spiro atoms. The summed E-state index contributed by atoms with van der Waals surface area (Å²) in [5.74, 6) is 0.808. The van der Waals surface area contributed by atoms with Crippen molar-refractivity contribution in [1.29, 1.82) is 0 Å². The Morgan fingerprint density at radius 3 is 2.45 bits per heavy atom. The Labute approximate surface area is 119 Å². The van der Waals surface area contributed by atoms with Gasteiger partial charge in [-0.15, -0.1) is 0 Å². The van der Waals surface area contributed by atoms with E-state index < -0.39 is 0 Å². The summed E-state index contributed by atoms with van der Waals surface area (Å²) in [6.45, 7) is 4.64. The standard InChI is InChI=1S/C17H19NO2/c1-13(2)11-12-18-16(5-4-6-17(18)19)14-7-9-15(20-3)10-8-14/h4-11H,12H2,1-3H3. The molecule has 0 bridgehead atoms. The van der Waals surface area contributed by atoms with Crippen molar-refractivity contribution in [2.75, 3.05) is 7.11 Å². The largest absolute Gasteiger partial charge is 0.497 e. The van der Waals surface area contributed by atoms with Gasteiger partial charge in [-0.05, 0) is 49.7 Å². The molecule has 0 unspecified atom stereocenters. The second-order valence-corrected chi connectivity index (χ2v) is 4.87. The molecule has 1 aromatic carbocycles. The number of allylic oxidation sites excluding steroid dienone is 2. The Hall–Kier alpha value is -2.29. The van der Waals surface area contributed by atoms with E-state index in [2.05, 4.69) is 6.08 Å². The maximum atomic E-state index is 12.1. The van der Waals surface area contributed by atoms with Crippen LogP contribution in [-0.4, -0.2) is 11.7 Å². The second-order valence-electron chi connectivity index (χ2n) is 4.87. The molecule has 0 aliphatic rings. The smallest absolute Gasteiger partial charge is 0.251 e. The highest BCUT2D eigenvalue weighted by Gasteiger charge is 2.05. The minimum atomic E-state index is 0.0100. The first-order valence-electron chi connectivity index (χ1n) is 6.59. The predicted molar refractivity (Wildman–Crippen MR) is 82.1 cm³/mol. The predicted octanol–water partition coefficient (Wildman–Crippen LogP) is 3.49. The van der Waals surface area contributed by atoms with Gasteiger partial charge in [0.05, 0.1) is 12.8 Å². The van der Waals surface area contributed by atoms with Gasteiger partial charge in [0.1, 0.15) is 5.75 Å². The maximum Gasteiger partial charge on any atom is 0.251 e. The molecular weight excluding hydrogens is 250 g/mol. The molecule has 0 aliphatic carbocycles. The lowest BCUT2D eigenvalue weighted by Crippen LogP contribution is -2.19. The third-order valence-electron chi connectivity index (χ3n) is 3.12. The Kier molecular flexibility index (Phi) is 4.41. The molecule has 0 N–H and O–H groups in total. The third-order valence-corrected chi connectivity index (χ3v) is 3.12. The van der Waals surface area contributed by atoms with Crippen LogP contribution in [0.1, 0.15) is 13.8 Å². The van der Waals surface area contributed by atoms with E-state index in [0.717, 1.165) is 17.0 Å². The summed E-state index contributed by atoms with van der Waals surface area (Å²) >= 11 is 0. The molecule has 1 aromatic heterocycles. The first kappa shape index (κ1) is 14.1. The molecule has 0 saturated carbocycles. The molecular formula is C17H19NO2. The number of pyridine rings is 1. The van der Waals surface area contributed by atoms with Crippen molar-refractivity contribution in [1.82, 2.24) is 4.57 Å². The average Bonchev–Trinajstić information content (AvgIpc) is 2.45. The molecule has 0 radical (unpaired) electrons. The van der Waals surface area contributed by atoms with Crippen molar-refractivity contribution in [3.8, 4) is 17.0 Å². The number of rotatable bonds is 4. The summed E-state index contributed by atoms with van der Waals surface area (Å²) in [5.41, 5.74) is 3.13. The van der Waals surface area contributed by atoms with Crippen LogP contribution < -0.4 is 10.3 Å². The second kappa shape index (κ2) is 6.24. The van der Waals surface area contributed by atoms with Gasteiger partial charge in [0.2, 0.25) is 0 Å². The van der Waals surface area contributed by atoms with Gasteiger partial charge in [-0.1, -0.05) is 17.7 Å². The van der Waals surface area contributed by atoms with Crippen molar-refractivity contribution >= 4 is 0 Å². The van der Waals surface area contributed by atoms with Crippen molar-refractivity contribution in [3.05, 3.63) is 64.5 Å². The van der Waals surface area contributed by atoms with E-state index in [0.29, 0.717) is 6.54 Å². The zero-order chi connectivity index (χ0) is 14.5. The quantitative estimate of drug-likeness (QED) is 0.796. The van der Waals surface area contributed by atoms with Gasteiger partial charge in [0.25, 0.3) is 5.56 Å². The maximum absolute atomic E-state index is 12.1. The van der Waals surface area contributed by atoms with Gasteiger partial charge in [-0.3, -0.25) is 4.79 Å². The lowest BCUT2D eigenvalue weighted by molar-refractivity contribution is 0.415. The summed E-state index contributed by atoms with van der Waals surface area (Å²) in [6, 6.07) is 13.1. The first-order chi connectivity index (χ1) is 9.61. The lowest BCUT2D eigenvalue weighted by atomic mass is 10.1. The SMILES string of the molecule is COc1ccc(-c2cccc(=O)n2CC=C(C)C)cc1. The van der Waals surface area contributed by atoms with E-state index in [1.807, 2.05) is 44.2 Å². The van der Waals surface area contributed by atoms with Crippen molar-refractivity contribution in [3.63, 3.8) is 0 Å². The minimum Gasteiger partial charge on any atom is -0.497 e. The van der Waals surface area contributed by atoms with E-state index in [-0.39, 0.29) is 5.56 Å². The Morgan fingerprint density at radius 1 is 1.15 bits per heavy atom. The minimum absolute atomic E-state index is 0.0100. The first-order valence-corrected chi connectivity index (χ1v) is 6.59. The topological polar surface area (TPSA) is 31.2 Å². The van der Waals surface area contributed by atoms with Crippen LogP contribution in [0.4, 0.5) is 0 Å². The van der Waals surface area contributed by atoms with E-state index in [4.69, 9.17) is 4.74 Å². The lowest BCUT2D eigenvalue weighted by Gasteiger charge is -2.11. The Morgan fingerprint density at radius 2 is 1.85 bits per heavy atom. The summed E-state index contributed by atoms with van der Waals surface area (Å²) in [5, 5.41) is 0. The molecule has 0 aliphatic heterocycles. The van der Waals surface area contributed by atoms with E-state index in [1.54, 1.807) is 23.8 Å². The number of hydrogen-bond acceptors (Lipinski definition) is 2. The van der Waals surface area contributed by atoms with Gasteiger partial charge < -0.3 is 9.30 Å². The molecule has 0 atom stereocenters. The monoisotopic (exact) mass is 269 g/mol. The summed E-state index contributed by atoms with van der Waals surface area (Å²) in [4.78, 5) is 12.1. The van der Waals surface area contributed by atoms with Crippen LogP contribution in [0.2, 0.25) is 0 Å². The van der Waals surface area contributed by atoms with E-state index in [9.17, 15) is 4.79 Å². The van der Waals surface area contributed by atoms with Crippen LogP contribution >= 0.6 is 0 Å². The van der Waals surface area contributed by atoms with E-state index in [1.165, 1.54) is 5.57 Å². The highest BCUT2D eigenvalue weighted by Crippen LogP contribution is 2.21. The summed E-state index contributed by atoms with van der Waals surface area (Å²) in [6.07, 6.45) is 2.05. The molecule has 104 valence electrons. The number of hydrogen-bond donors (Lipinski definition) is 0.